The van der Waals surface area contributed by atoms with Gasteiger partial charge in [0.25, 0.3) is 0 Å². The molecule has 3 N–H and O–H groups in total. The minimum absolute atomic E-state index is 0.0146. The Kier molecular flexibility index (Phi) is 7.69. The number of alkyl halides is 2. The average molecular weight is 523 g/mol. The summed E-state index contributed by atoms with van der Waals surface area (Å²) in [6, 6.07) is 10.5. The minimum Gasteiger partial charge on any atom is -0.387 e. The van der Waals surface area contributed by atoms with Crippen LogP contribution in [0.4, 0.5) is 14.5 Å². The number of carbonyl (C=O) groups excluding carboxylic acids is 1. The Hall–Kier alpha value is -2.93. The topological polar surface area (TPSA) is 123 Å². The van der Waals surface area contributed by atoms with Gasteiger partial charge in [-0.15, -0.1) is 0 Å². The molecule has 0 unspecified atom stereocenters. The third-order valence-corrected chi connectivity index (χ3v) is 7.46. The number of rotatable bonds is 9. The second kappa shape index (κ2) is 10.6. The van der Waals surface area contributed by atoms with Crippen LogP contribution in [0.15, 0.2) is 47.4 Å². The first-order valence-electron chi connectivity index (χ1n) is 11.5. The van der Waals surface area contributed by atoms with Crippen molar-refractivity contribution in [1.29, 1.82) is 0 Å². The lowest BCUT2D eigenvalue weighted by Crippen LogP contribution is -2.24. The van der Waals surface area contributed by atoms with Crippen molar-refractivity contribution >= 4 is 32.7 Å². The molecule has 12 heteroatoms. The molecule has 1 aliphatic rings. The van der Waals surface area contributed by atoms with Crippen LogP contribution in [-0.4, -0.2) is 48.8 Å². The maximum absolute atomic E-state index is 14.4. The number of anilines is 1. The molecule has 2 aromatic carbocycles. The molecule has 4 rings (SSSR count). The molecule has 1 aromatic heterocycles. The van der Waals surface area contributed by atoms with Crippen LogP contribution in [0.1, 0.15) is 31.2 Å². The van der Waals surface area contributed by atoms with Crippen LogP contribution in [-0.2, 0) is 38.6 Å². The quantitative estimate of drug-likeness (QED) is 0.397. The van der Waals surface area contributed by atoms with E-state index in [2.05, 4.69) is 15.0 Å². The highest BCUT2D eigenvalue weighted by molar-refractivity contribution is 7.89. The summed E-state index contributed by atoms with van der Waals surface area (Å²) in [6.07, 6.45) is 1.59. The summed E-state index contributed by atoms with van der Waals surface area (Å²) in [5.41, 5.74) is 1.86. The molecule has 0 saturated carbocycles. The molecule has 0 radical (unpaired) electrons. The van der Waals surface area contributed by atoms with Crippen LogP contribution < -0.4 is 10.0 Å². The lowest BCUT2D eigenvalue weighted by atomic mass is 10.00. The van der Waals surface area contributed by atoms with Gasteiger partial charge in [-0.2, -0.15) is 8.78 Å². The van der Waals surface area contributed by atoms with E-state index in [0.29, 0.717) is 42.0 Å². The molecular formula is C24H28F2N4O5S. The number of halogens is 2. The van der Waals surface area contributed by atoms with E-state index >= 15 is 0 Å². The number of ether oxygens (including phenoxy) is 1. The molecule has 1 fully saturated rings. The normalized spacial score (nSPS) is 15.3. The van der Waals surface area contributed by atoms with Gasteiger partial charge in [-0.05, 0) is 60.7 Å². The molecule has 1 saturated heterocycles. The number of aliphatic hydroxyl groups excluding tert-OH is 1. The number of amides is 1. The van der Waals surface area contributed by atoms with Crippen molar-refractivity contribution < 1.29 is 31.8 Å². The van der Waals surface area contributed by atoms with Gasteiger partial charge in [0.2, 0.25) is 15.9 Å². The summed E-state index contributed by atoms with van der Waals surface area (Å²) < 4.78 is 63.6. The van der Waals surface area contributed by atoms with E-state index in [1.807, 2.05) is 0 Å². The highest BCUT2D eigenvalue weighted by atomic mass is 32.2. The zero-order valence-electron chi connectivity index (χ0n) is 19.7. The van der Waals surface area contributed by atoms with E-state index in [1.54, 1.807) is 22.8 Å². The summed E-state index contributed by atoms with van der Waals surface area (Å²) in [6.45, 7) is 1.71. The Balaban J connectivity index is 1.51. The molecular weight excluding hydrogens is 494 g/mol. The predicted octanol–water partition coefficient (Wildman–Crippen LogP) is 2.98. The third kappa shape index (κ3) is 6.06. The molecule has 9 nitrogen and oxygen atoms in total. The number of nitrogens with one attached hydrogen (secondary N) is 2. The summed E-state index contributed by atoms with van der Waals surface area (Å²) in [7, 11) is -3.88. The van der Waals surface area contributed by atoms with E-state index in [4.69, 9.17) is 9.84 Å². The lowest BCUT2D eigenvalue weighted by molar-refractivity contribution is -0.118. The maximum atomic E-state index is 14.4. The molecule has 0 bridgehead atoms. The Morgan fingerprint density at radius 2 is 1.89 bits per heavy atom. The summed E-state index contributed by atoms with van der Waals surface area (Å²) in [4.78, 5) is 15.4. The SMILES string of the molecule is CC(F)(F)c1nc2cc(CNS(=O)(=O)c3ccc(NC(=O)CO)cc3)ccc2n1CC1CCOCC1. The van der Waals surface area contributed by atoms with Crippen molar-refractivity contribution in [3.8, 4) is 0 Å². The van der Waals surface area contributed by atoms with E-state index in [0.717, 1.165) is 19.8 Å². The zero-order chi connectivity index (χ0) is 25.9. The molecule has 0 spiro atoms. The van der Waals surface area contributed by atoms with Crippen molar-refractivity contribution in [2.75, 3.05) is 25.1 Å². The fourth-order valence-electron chi connectivity index (χ4n) is 4.17. The van der Waals surface area contributed by atoms with Crippen molar-refractivity contribution in [2.24, 2.45) is 5.92 Å². The molecule has 0 aliphatic carbocycles. The molecule has 194 valence electrons. The number of aromatic nitrogens is 2. The van der Waals surface area contributed by atoms with E-state index in [1.165, 1.54) is 24.3 Å². The highest BCUT2D eigenvalue weighted by Crippen LogP contribution is 2.32. The first-order valence-corrected chi connectivity index (χ1v) is 13.0. The van der Waals surface area contributed by atoms with Gasteiger partial charge in [-0.25, -0.2) is 18.1 Å². The van der Waals surface area contributed by atoms with E-state index < -0.39 is 28.5 Å². The summed E-state index contributed by atoms with van der Waals surface area (Å²) in [5, 5.41) is 11.2. The first kappa shape index (κ1) is 26.1. The van der Waals surface area contributed by atoms with Crippen molar-refractivity contribution in [2.45, 2.75) is 43.7 Å². The van der Waals surface area contributed by atoms with Gasteiger partial charge in [-0.1, -0.05) is 6.07 Å². The number of benzene rings is 2. The van der Waals surface area contributed by atoms with Crippen LogP contribution in [0.25, 0.3) is 11.0 Å². The van der Waals surface area contributed by atoms with E-state index in [9.17, 15) is 22.0 Å². The smallest absolute Gasteiger partial charge is 0.302 e. The van der Waals surface area contributed by atoms with Crippen molar-refractivity contribution in [3.05, 3.63) is 53.9 Å². The van der Waals surface area contributed by atoms with Crippen LogP contribution in [0.3, 0.4) is 0 Å². The number of hydrogen-bond donors (Lipinski definition) is 3. The number of imidazole rings is 1. The van der Waals surface area contributed by atoms with Crippen LogP contribution in [0.5, 0.6) is 0 Å². The van der Waals surface area contributed by atoms with Gasteiger partial charge < -0.3 is 19.7 Å². The highest BCUT2D eigenvalue weighted by Gasteiger charge is 2.33. The Morgan fingerprint density at radius 1 is 1.19 bits per heavy atom. The van der Waals surface area contributed by atoms with E-state index in [-0.39, 0.29) is 23.2 Å². The molecule has 1 amide bonds. The fourth-order valence-corrected chi connectivity index (χ4v) is 5.19. The second-order valence-corrected chi connectivity index (χ2v) is 10.6. The lowest BCUT2D eigenvalue weighted by Gasteiger charge is -2.24. The van der Waals surface area contributed by atoms with Crippen LogP contribution in [0, 0.1) is 5.92 Å². The van der Waals surface area contributed by atoms with Gasteiger partial charge in [0, 0.05) is 38.9 Å². The minimum atomic E-state index is -3.88. The predicted molar refractivity (Wildman–Crippen MR) is 129 cm³/mol. The van der Waals surface area contributed by atoms with Crippen molar-refractivity contribution in [3.63, 3.8) is 0 Å². The number of aliphatic hydroxyl groups is 1. The largest absolute Gasteiger partial charge is 0.387 e. The monoisotopic (exact) mass is 522 g/mol. The second-order valence-electron chi connectivity index (χ2n) is 8.87. The molecule has 0 atom stereocenters. The number of fused-ring (bicyclic) bond motifs is 1. The zero-order valence-corrected chi connectivity index (χ0v) is 20.5. The molecule has 2 heterocycles. The Bertz CT molecular complexity index is 1330. The maximum Gasteiger partial charge on any atom is 0.302 e. The van der Waals surface area contributed by atoms with Crippen LogP contribution in [0.2, 0.25) is 0 Å². The van der Waals surface area contributed by atoms with Gasteiger partial charge in [0.15, 0.2) is 5.82 Å². The van der Waals surface area contributed by atoms with Gasteiger partial charge >= 0.3 is 5.92 Å². The molecule has 1 aliphatic heterocycles. The van der Waals surface area contributed by atoms with Crippen molar-refractivity contribution in [1.82, 2.24) is 14.3 Å². The third-order valence-electron chi connectivity index (χ3n) is 6.05. The number of nitrogens with zero attached hydrogens (tertiary/aromatic N) is 2. The summed E-state index contributed by atoms with van der Waals surface area (Å²) in [5.74, 6) is -3.84. The standard InChI is InChI=1S/C24H28F2N4O5S/c1-24(25,26)23-29-20-12-17(2-7-21(20)30(23)14-16-8-10-35-11-9-16)13-27-36(33,34)19-5-3-18(4-6-19)28-22(32)15-31/h2-7,12,16,27,31H,8-11,13-15H2,1H3,(H,28,32). The first-order chi connectivity index (χ1) is 17.1. The molecule has 3 aromatic rings. The fraction of sp³-hybridized carbons (Fsp3) is 0.417. The summed E-state index contributed by atoms with van der Waals surface area (Å²) >= 11 is 0. The average Bonchev–Trinajstić information content (AvgIpc) is 3.22. The Morgan fingerprint density at radius 3 is 2.53 bits per heavy atom. The van der Waals surface area contributed by atoms with Gasteiger partial charge in [-0.3, -0.25) is 4.79 Å². The number of hydrogen-bond acceptors (Lipinski definition) is 6. The Labute approximate surface area is 207 Å². The molecule has 36 heavy (non-hydrogen) atoms. The van der Waals surface area contributed by atoms with Gasteiger partial charge in [0.1, 0.15) is 6.61 Å². The van der Waals surface area contributed by atoms with Gasteiger partial charge in [0.05, 0.1) is 15.9 Å². The number of carbonyl (C=O) groups is 1. The number of sulfonamides is 1. The van der Waals surface area contributed by atoms with Crippen LogP contribution >= 0.6 is 0 Å².